The first-order valence-electron chi connectivity index (χ1n) is 22.9. The molecule has 352 valence electrons. The third-order valence-corrected chi connectivity index (χ3v) is 12.4. The largest absolute Gasteiger partial charge is 0.472 e. The molecule has 0 radical (unpaired) electrons. The van der Waals surface area contributed by atoms with Crippen molar-refractivity contribution in [2.75, 3.05) is 47.5 Å². The Labute approximate surface area is 365 Å². The molecule has 1 fully saturated rings. The van der Waals surface area contributed by atoms with Crippen molar-refractivity contribution in [1.29, 1.82) is 0 Å². The SMILES string of the molecule is CCCCC[C@H](O)/C=C/[C@@H]1[C@@H](CC(=O)CCCCC(=O)OC[C@H](COP(=O)(O)OCC[N+](C)(C)C)OC(=O)CCCCCCCCc2oc(CCC)c(C)c2C)[C@@H](O)C[C@H]1O. The van der Waals surface area contributed by atoms with E-state index in [0.29, 0.717) is 36.7 Å². The maximum atomic E-state index is 12.9. The maximum absolute atomic E-state index is 12.9. The smallest absolute Gasteiger partial charge is 0.466 e. The Morgan fingerprint density at radius 3 is 2.10 bits per heavy atom. The van der Waals surface area contributed by atoms with Crippen LogP contribution in [0.4, 0.5) is 0 Å². The monoisotopic (exact) mass is 887 g/mol. The van der Waals surface area contributed by atoms with Gasteiger partial charge in [-0.2, -0.15) is 0 Å². The fourth-order valence-electron chi connectivity index (χ4n) is 7.53. The fraction of sp³-hybridized carbons (Fsp3) is 0.804. The van der Waals surface area contributed by atoms with Crippen LogP contribution in [0, 0.1) is 25.7 Å². The van der Waals surface area contributed by atoms with Crippen molar-refractivity contribution in [3.63, 3.8) is 0 Å². The molecule has 15 heteroatoms. The Kier molecular flexibility index (Phi) is 26.1. The number of carbonyl (C=O) groups is 3. The molecule has 0 aromatic carbocycles. The van der Waals surface area contributed by atoms with E-state index >= 15 is 0 Å². The summed E-state index contributed by atoms with van der Waals surface area (Å²) < 4.78 is 40.3. The summed E-state index contributed by atoms with van der Waals surface area (Å²) in [5, 5.41) is 31.4. The second-order valence-electron chi connectivity index (χ2n) is 18.0. The van der Waals surface area contributed by atoms with Crippen molar-refractivity contribution < 1.29 is 66.6 Å². The average molecular weight is 887 g/mol. The van der Waals surface area contributed by atoms with Gasteiger partial charge in [0.1, 0.15) is 37.1 Å². The molecule has 1 saturated carbocycles. The van der Waals surface area contributed by atoms with E-state index in [4.69, 9.17) is 22.9 Å². The number of nitrogens with zero attached hydrogens (tertiary/aromatic N) is 1. The number of Topliss-reactive ketones (excluding diaryl/α,β-unsaturated/α-hetero) is 1. The van der Waals surface area contributed by atoms with Crippen molar-refractivity contribution >= 4 is 25.5 Å². The quantitative estimate of drug-likeness (QED) is 0.0172. The summed E-state index contributed by atoms with van der Waals surface area (Å²) in [5.41, 5.74) is 2.52. The number of aryl methyl sites for hydroxylation is 2. The zero-order valence-corrected chi connectivity index (χ0v) is 39.3. The van der Waals surface area contributed by atoms with Crippen LogP contribution in [0.1, 0.15) is 152 Å². The molecule has 0 spiro atoms. The van der Waals surface area contributed by atoms with Gasteiger partial charge in [0, 0.05) is 56.8 Å². The van der Waals surface area contributed by atoms with E-state index in [1.807, 2.05) is 21.1 Å². The number of rotatable bonds is 34. The lowest BCUT2D eigenvalue weighted by molar-refractivity contribution is -0.870. The minimum Gasteiger partial charge on any atom is -0.466 e. The van der Waals surface area contributed by atoms with Crippen LogP contribution < -0.4 is 0 Å². The van der Waals surface area contributed by atoms with Crippen molar-refractivity contribution in [2.24, 2.45) is 11.8 Å². The lowest BCUT2D eigenvalue weighted by Gasteiger charge is -2.24. The number of furan rings is 1. The Morgan fingerprint density at radius 1 is 0.803 bits per heavy atom. The van der Waals surface area contributed by atoms with Gasteiger partial charge >= 0.3 is 19.8 Å². The van der Waals surface area contributed by atoms with E-state index in [-0.39, 0.29) is 51.1 Å². The predicted molar refractivity (Wildman–Crippen MR) is 235 cm³/mol. The van der Waals surface area contributed by atoms with Crippen molar-refractivity contribution in [2.45, 2.75) is 181 Å². The number of phosphoric ester groups is 1. The molecule has 1 aromatic heterocycles. The highest BCUT2D eigenvalue weighted by Gasteiger charge is 2.41. The highest BCUT2D eigenvalue weighted by Crippen LogP contribution is 2.43. The molecule has 14 nitrogen and oxygen atoms in total. The van der Waals surface area contributed by atoms with Gasteiger partial charge in [0.05, 0.1) is 46.1 Å². The molecule has 0 amide bonds. The molecule has 1 unspecified atom stereocenters. The molecule has 0 saturated heterocycles. The van der Waals surface area contributed by atoms with Crippen molar-refractivity contribution in [3.8, 4) is 0 Å². The summed E-state index contributed by atoms with van der Waals surface area (Å²) >= 11 is 0. The number of aliphatic hydroxyl groups excluding tert-OH is 3. The third kappa shape index (κ3) is 23.2. The van der Waals surface area contributed by atoms with Crippen LogP contribution in [0.3, 0.4) is 0 Å². The van der Waals surface area contributed by atoms with Crippen molar-refractivity contribution in [1.82, 2.24) is 0 Å². The molecule has 0 bridgehead atoms. The number of carbonyl (C=O) groups excluding carboxylic acids is 3. The molecule has 2 rings (SSSR count). The van der Waals surface area contributed by atoms with E-state index < -0.39 is 62.6 Å². The number of likely N-dealkylation sites (N-methyl/N-ethyl adjacent to an activating group) is 1. The molecular formula is C46H81NO13P+. The van der Waals surface area contributed by atoms with Crippen LogP contribution in [-0.2, 0) is 50.3 Å². The molecule has 1 heterocycles. The maximum Gasteiger partial charge on any atom is 0.472 e. The standard InChI is InChI=1S/C46H80NO13P/c1-8-10-15-21-36(48)26-27-39-40(42(51)31-41(39)50)30-37(49)22-18-19-24-45(52)56-32-38(33-58-61(54,55)57-29-28-47(5,6)7)59-46(53)25-17-14-12-11-13-16-23-44-35(4)34(3)43(60-44)20-9-2/h26-27,36,38-42,48,50-51H,8-25,28-33H2,1-7H3/p+1/b27-26+/t36-,38+,39+,40+,41+,42-/m0/s1. The van der Waals surface area contributed by atoms with Gasteiger partial charge in [0.15, 0.2) is 6.10 Å². The molecule has 1 aliphatic carbocycles. The number of ether oxygens (including phenoxy) is 2. The van der Waals surface area contributed by atoms with Crippen molar-refractivity contribution in [3.05, 3.63) is 34.8 Å². The zero-order valence-electron chi connectivity index (χ0n) is 38.4. The molecule has 7 atom stereocenters. The van der Waals surface area contributed by atoms with E-state index in [0.717, 1.165) is 82.1 Å². The van der Waals surface area contributed by atoms with Gasteiger partial charge in [-0.25, -0.2) is 4.57 Å². The molecule has 61 heavy (non-hydrogen) atoms. The van der Waals surface area contributed by atoms with E-state index in [1.165, 1.54) is 11.1 Å². The fourth-order valence-corrected chi connectivity index (χ4v) is 8.27. The van der Waals surface area contributed by atoms with Crippen LogP contribution in [0.2, 0.25) is 0 Å². The summed E-state index contributed by atoms with van der Waals surface area (Å²) in [6.45, 7) is 8.00. The molecule has 4 N–H and O–H groups in total. The molecule has 1 aromatic rings. The second-order valence-corrected chi connectivity index (χ2v) is 19.4. The van der Waals surface area contributed by atoms with Gasteiger partial charge in [0.2, 0.25) is 0 Å². The van der Waals surface area contributed by atoms with E-state index in [2.05, 4.69) is 27.7 Å². The van der Waals surface area contributed by atoms with E-state index in [1.54, 1.807) is 12.2 Å². The van der Waals surface area contributed by atoms with E-state index in [9.17, 15) is 39.2 Å². The summed E-state index contributed by atoms with van der Waals surface area (Å²) in [5.74, 6) is 0.0778. The van der Waals surface area contributed by atoms with Gasteiger partial charge in [-0.15, -0.1) is 0 Å². The Balaban J connectivity index is 1.79. The van der Waals surface area contributed by atoms with Gasteiger partial charge in [-0.3, -0.25) is 23.4 Å². The number of esters is 2. The topological polar surface area (TPSA) is 199 Å². The second kappa shape index (κ2) is 29.1. The number of hydrogen-bond acceptors (Lipinski definition) is 12. The van der Waals surface area contributed by atoms with Gasteiger partial charge in [-0.1, -0.05) is 70.9 Å². The molecule has 1 aliphatic rings. The summed E-state index contributed by atoms with van der Waals surface area (Å²) in [6.07, 6.45) is 13.3. The van der Waals surface area contributed by atoms with Crippen LogP contribution in [0.5, 0.6) is 0 Å². The van der Waals surface area contributed by atoms with Gasteiger partial charge in [-0.05, 0) is 63.5 Å². The van der Waals surface area contributed by atoms with Crippen LogP contribution in [-0.4, -0.2) is 114 Å². The Hall–Kier alpha value is -2.42. The van der Waals surface area contributed by atoms with Crippen LogP contribution >= 0.6 is 7.82 Å². The van der Waals surface area contributed by atoms with Gasteiger partial charge < -0.3 is 38.6 Å². The number of phosphoric acid groups is 1. The van der Waals surface area contributed by atoms with Crippen LogP contribution in [0.25, 0.3) is 0 Å². The Morgan fingerprint density at radius 2 is 1.43 bits per heavy atom. The molecule has 0 aliphatic heterocycles. The van der Waals surface area contributed by atoms with Crippen LogP contribution in [0.15, 0.2) is 16.6 Å². The van der Waals surface area contributed by atoms with Gasteiger partial charge in [0.25, 0.3) is 0 Å². The lowest BCUT2D eigenvalue weighted by atomic mass is 9.87. The normalized spacial score (nSPS) is 20.2. The third-order valence-electron chi connectivity index (χ3n) is 11.5. The Bertz CT molecular complexity index is 1500. The zero-order chi connectivity index (χ0) is 45.4. The minimum atomic E-state index is -4.48. The number of unbranched alkanes of at least 4 members (excludes halogenated alkanes) is 8. The number of quaternary nitrogens is 1. The minimum absolute atomic E-state index is 0.00579. The number of ketones is 1. The highest BCUT2D eigenvalue weighted by atomic mass is 31.2. The lowest BCUT2D eigenvalue weighted by Crippen LogP contribution is -2.37. The first-order valence-corrected chi connectivity index (χ1v) is 24.4. The number of aliphatic hydroxyl groups is 3. The summed E-state index contributed by atoms with van der Waals surface area (Å²) in [7, 11) is 1.25. The first-order chi connectivity index (χ1) is 28.9. The first kappa shape index (κ1) is 54.7. The average Bonchev–Trinajstić information content (AvgIpc) is 3.61. The summed E-state index contributed by atoms with van der Waals surface area (Å²) in [6, 6.07) is 0. The predicted octanol–water partition coefficient (Wildman–Crippen LogP) is 7.79. The highest BCUT2D eigenvalue weighted by molar-refractivity contribution is 7.47. The molecular weight excluding hydrogens is 805 g/mol. The summed E-state index contributed by atoms with van der Waals surface area (Å²) in [4.78, 5) is 48.6. The number of hydrogen-bond donors (Lipinski definition) is 4.